The second-order valence-electron chi connectivity index (χ2n) is 4.52. The van der Waals surface area contributed by atoms with E-state index in [9.17, 15) is 4.79 Å². The van der Waals surface area contributed by atoms with Crippen molar-refractivity contribution in [2.45, 2.75) is 20.3 Å². The molecule has 0 aliphatic rings. The monoisotopic (exact) mass is 250 g/mol. The molecule has 4 nitrogen and oxygen atoms in total. The van der Waals surface area contributed by atoms with E-state index in [1.807, 2.05) is 33.0 Å². The molecule has 1 atom stereocenters. The second-order valence-corrected chi connectivity index (χ2v) is 4.52. The van der Waals surface area contributed by atoms with Gasteiger partial charge >= 0.3 is 5.97 Å². The van der Waals surface area contributed by atoms with Crippen molar-refractivity contribution >= 4 is 5.97 Å². The van der Waals surface area contributed by atoms with Gasteiger partial charge in [0.2, 0.25) is 0 Å². The topological polar surface area (TPSA) is 42.4 Å². The van der Waals surface area contributed by atoms with Crippen LogP contribution in [0.1, 0.15) is 19.4 Å². The van der Waals surface area contributed by atoms with Gasteiger partial charge in [-0.1, -0.05) is 6.92 Å². The molecule has 0 amide bonds. The van der Waals surface area contributed by atoms with Gasteiger partial charge in [0, 0.05) is 25.5 Å². The Morgan fingerprint density at radius 2 is 2.11 bits per heavy atom. The Balaban J connectivity index is 2.29. The molecule has 0 saturated carbocycles. The SMILES string of the molecule is CCOC(=O)C(C)CN(C)CCc1ccncc1. The maximum atomic E-state index is 11.5. The van der Waals surface area contributed by atoms with Crippen molar-refractivity contribution in [1.82, 2.24) is 9.88 Å². The molecule has 1 aromatic rings. The lowest BCUT2D eigenvalue weighted by Gasteiger charge is -2.20. The average molecular weight is 250 g/mol. The third-order valence-corrected chi connectivity index (χ3v) is 2.81. The van der Waals surface area contributed by atoms with Gasteiger partial charge in [-0.2, -0.15) is 0 Å². The van der Waals surface area contributed by atoms with Crippen LogP contribution in [0.3, 0.4) is 0 Å². The zero-order valence-corrected chi connectivity index (χ0v) is 11.4. The summed E-state index contributed by atoms with van der Waals surface area (Å²) in [6.07, 6.45) is 4.57. The smallest absolute Gasteiger partial charge is 0.309 e. The Hall–Kier alpha value is -1.42. The summed E-state index contributed by atoms with van der Waals surface area (Å²) in [6, 6.07) is 4.03. The number of pyridine rings is 1. The summed E-state index contributed by atoms with van der Waals surface area (Å²) in [5.74, 6) is -0.194. The predicted octanol–water partition coefficient (Wildman–Crippen LogP) is 1.76. The highest BCUT2D eigenvalue weighted by Crippen LogP contribution is 2.04. The first-order chi connectivity index (χ1) is 8.63. The van der Waals surface area contributed by atoms with E-state index in [0.717, 1.165) is 19.5 Å². The number of esters is 1. The molecule has 1 heterocycles. The van der Waals surface area contributed by atoms with Gasteiger partial charge in [-0.3, -0.25) is 9.78 Å². The van der Waals surface area contributed by atoms with E-state index in [1.54, 1.807) is 12.4 Å². The number of carbonyl (C=O) groups is 1. The minimum absolute atomic E-state index is 0.0765. The fraction of sp³-hybridized carbons (Fsp3) is 0.571. The van der Waals surface area contributed by atoms with Crippen LogP contribution < -0.4 is 0 Å². The molecular formula is C14H22N2O2. The van der Waals surface area contributed by atoms with E-state index < -0.39 is 0 Å². The normalized spacial score (nSPS) is 12.4. The number of likely N-dealkylation sites (N-methyl/N-ethyl adjacent to an activating group) is 1. The van der Waals surface area contributed by atoms with E-state index in [0.29, 0.717) is 6.61 Å². The Bertz CT molecular complexity index is 354. The van der Waals surface area contributed by atoms with Crippen molar-refractivity contribution in [2.75, 3.05) is 26.7 Å². The maximum absolute atomic E-state index is 11.5. The van der Waals surface area contributed by atoms with Crippen molar-refractivity contribution in [3.05, 3.63) is 30.1 Å². The van der Waals surface area contributed by atoms with Gasteiger partial charge in [0.15, 0.2) is 0 Å². The Morgan fingerprint density at radius 1 is 1.44 bits per heavy atom. The maximum Gasteiger partial charge on any atom is 0.309 e. The summed E-state index contributed by atoms with van der Waals surface area (Å²) >= 11 is 0. The van der Waals surface area contributed by atoms with Crippen molar-refractivity contribution in [3.8, 4) is 0 Å². The van der Waals surface area contributed by atoms with E-state index >= 15 is 0 Å². The molecule has 100 valence electrons. The second kappa shape index (κ2) is 7.82. The van der Waals surface area contributed by atoms with E-state index in [2.05, 4.69) is 9.88 Å². The summed E-state index contributed by atoms with van der Waals surface area (Å²) in [5, 5.41) is 0. The number of ether oxygens (including phenoxy) is 1. The molecule has 0 spiro atoms. The van der Waals surface area contributed by atoms with Crippen molar-refractivity contribution in [3.63, 3.8) is 0 Å². The van der Waals surface area contributed by atoms with Crippen LogP contribution in [0.15, 0.2) is 24.5 Å². The summed E-state index contributed by atoms with van der Waals surface area (Å²) in [7, 11) is 2.02. The van der Waals surface area contributed by atoms with Crippen LogP contribution in [0.25, 0.3) is 0 Å². The van der Waals surface area contributed by atoms with Gasteiger partial charge in [0.05, 0.1) is 12.5 Å². The van der Waals surface area contributed by atoms with Crippen LogP contribution in [0.4, 0.5) is 0 Å². The van der Waals surface area contributed by atoms with Gasteiger partial charge < -0.3 is 9.64 Å². The van der Waals surface area contributed by atoms with Crippen LogP contribution in [0, 0.1) is 5.92 Å². The first-order valence-corrected chi connectivity index (χ1v) is 6.37. The third kappa shape index (κ3) is 5.27. The zero-order valence-electron chi connectivity index (χ0n) is 11.4. The van der Waals surface area contributed by atoms with Gasteiger partial charge in [0.1, 0.15) is 0 Å². The van der Waals surface area contributed by atoms with E-state index in [4.69, 9.17) is 4.74 Å². The minimum atomic E-state index is -0.117. The lowest BCUT2D eigenvalue weighted by molar-refractivity contribution is -0.147. The molecular weight excluding hydrogens is 228 g/mol. The van der Waals surface area contributed by atoms with Crippen LogP contribution in [-0.4, -0.2) is 42.6 Å². The summed E-state index contributed by atoms with van der Waals surface area (Å²) in [5.41, 5.74) is 1.26. The van der Waals surface area contributed by atoms with Crippen LogP contribution in [-0.2, 0) is 16.0 Å². The molecule has 0 radical (unpaired) electrons. The molecule has 0 saturated heterocycles. The summed E-state index contributed by atoms with van der Waals surface area (Å²) in [4.78, 5) is 17.6. The van der Waals surface area contributed by atoms with Crippen LogP contribution in [0.5, 0.6) is 0 Å². The first kappa shape index (κ1) is 14.6. The minimum Gasteiger partial charge on any atom is -0.466 e. The van der Waals surface area contributed by atoms with E-state index in [-0.39, 0.29) is 11.9 Å². The highest BCUT2D eigenvalue weighted by Gasteiger charge is 2.15. The predicted molar refractivity (Wildman–Crippen MR) is 71.2 cm³/mol. The summed E-state index contributed by atoms with van der Waals surface area (Å²) < 4.78 is 4.99. The largest absolute Gasteiger partial charge is 0.466 e. The van der Waals surface area contributed by atoms with Gasteiger partial charge in [-0.05, 0) is 38.1 Å². The van der Waals surface area contributed by atoms with Gasteiger partial charge in [-0.25, -0.2) is 0 Å². The zero-order chi connectivity index (χ0) is 13.4. The molecule has 1 aromatic heterocycles. The molecule has 4 heteroatoms. The number of aromatic nitrogens is 1. The lowest BCUT2D eigenvalue weighted by Crippen LogP contribution is -2.31. The highest BCUT2D eigenvalue weighted by molar-refractivity contribution is 5.72. The molecule has 18 heavy (non-hydrogen) atoms. The molecule has 0 bridgehead atoms. The molecule has 0 fully saturated rings. The van der Waals surface area contributed by atoms with Gasteiger partial charge in [-0.15, -0.1) is 0 Å². The van der Waals surface area contributed by atoms with Crippen LogP contribution >= 0.6 is 0 Å². The Morgan fingerprint density at radius 3 is 2.72 bits per heavy atom. The lowest BCUT2D eigenvalue weighted by atomic mass is 10.1. The molecule has 0 N–H and O–H groups in total. The standard InChI is InChI=1S/C14H22N2O2/c1-4-18-14(17)12(2)11-16(3)10-7-13-5-8-15-9-6-13/h5-6,8-9,12H,4,7,10-11H2,1-3H3. The molecule has 1 rings (SSSR count). The number of carbonyl (C=O) groups excluding carboxylic acids is 1. The van der Waals surface area contributed by atoms with E-state index in [1.165, 1.54) is 5.56 Å². The number of hydrogen-bond donors (Lipinski definition) is 0. The number of nitrogens with zero attached hydrogens (tertiary/aromatic N) is 2. The molecule has 0 aromatic carbocycles. The highest BCUT2D eigenvalue weighted by atomic mass is 16.5. The molecule has 1 unspecified atom stereocenters. The summed E-state index contributed by atoms with van der Waals surface area (Å²) in [6.45, 7) is 5.83. The van der Waals surface area contributed by atoms with Gasteiger partial charge in [0.25, 0.3) is 0 Å². The van der Waals surface area contributed by atoms with Crippen molar-refractivity contribution in [2.24, 2.45) is 5.92 Å². The molecule has 0 aliphatic heterocycles. The Labute approximate surface area is 109 Å². The number of rotatable bonds is 7. The van der Waals surface area contributed by atoms with Crippen molar-refractivity contribution in [1.29, 1.82) is 0 Å². The van der Waals surface area contributed by atoms with Crippen LogP contribution in [0.2, 0.25) is 0 Å². The number of hydrogen-bond acceptors (Lipinski definition) is 4. The average Bonchev–Trinajstić information content (AvgIpc) is 2.38. The molecule has 0 aliphatic carbocycles. The quantitative estimate of drug-likeness (QED) is 0.692. The Kier molecular flexibility index (Phi) is 6.36. The fourth-order valence-electron chi connectivity index (χ4n) is 1.79. The fourth-order valence-corrected chi connectivity index (χ4v) is 1.79. The van der Waals surface area contributed by atoms with Crippen molar-refractivity contribution < 1.29 is 9.53 Å². The first-order valence-electron chi connectivity index (χ1n) is 6.37. The third-order valence-electron chi connectivity index (χ3n) is 2.81.